The van der Waals surface area contributed by atoms with E-state index in [-0.39, 0.29) is 27.9 Å². The van der Waals surface area contributed by atoms with Gasteiger partial charge in [0.15, 0.2) is 0 Å². The summed E-state index contributed by atoms with van der Waals surface area (Å²) in [6.07, 6.45) is 2.98. The van der Waals surface area contributed by atoms with Crippen LogP contribution in [0, 0.1) is 10.1 Å². The Kier molecular flexibility index (Phi) is 16.4. The van der Waals surface area contributed by atoms with Crippen molar-refractivity contribution >= 4 is 56.4 Å². The normalized spacial score (nSPS) is 15.8. The minimum atomic E-state index is -4.45. The number of anilines is 2. The first-order valence-electron chi connectivity index (χ1n) is 22.2. The fourth-order valence-electron chi connectivity index (χ4n) is 8.71. The summed E-state index contributed by atoms with van der Waals surface area (Å²) in [6.45, 7) is 13.4. The Balaban J connectivity index is 0.953. The SMILES string of the molecule is CCN(CC)C1CCN(CCC(CSc2ccccc2)Nc2ccc(S(=O)(=O)NC(=O)c3ccc(N4CCN(Cc5ccccc5-c5ccc(Cl)cc5)CC4)cc3)cc2[N+](=O)[O-])CC1. The van der Waals surface area contributed by atoms with E-state index in [0.717, 1.165) is 107 Å². The van der Waals surface area contributed by atoms with Crippen LogP contribution in [-0.2, 0) is 16.6 Å². The molecule has 7 rings (SSSR count). The largest absolute Gasteiger partial charge is 0.376 e. The van der Waals surface area contributed by atoms with Crippen molar-refractivity contribution in [3.63, 3.8) is 0 Å². The number of carbonyl (C=O) groups is 1. The average molecular weight is 925 g/mol. The number of thioether (sulfide) groups is 1. The first kappa shape index (κ1) is 47.0. The lowest BCUT2D eigenvalue weighted by molar-refractivity contribution is -0.384. The Hall–Kier alpha value is -4.96. The number of nitrogens with one attached hydrogen (secondary N) is 2. The van der Waals surface area contributed by atoms with E-state index in [1.165, 1.54) is 23.3 Å². The monoisotopic (exact) mass is 923 g/mol. The molecule has 15 heteroatoms. The maximum absolute atomic E-state index is 13.6. The fourth-order valence-corrected chi connectivity index (χ4v) is 10.8. The molecule has 5 aromatic rings. The van der Waals surface area contributed by atoms with Gasteiger partial charge in [0.2, 0.25) is 0 Å². The Morgan fingerprint density at radius 1 is 0.844 bits per heavy atom. The van der Waals surface area contributed by atoms with Crippen LogP contribution in [0.4, 0.5) is 17.1 Å². The van der Waals surface area contributed by atoms with Gasteiger partial charge in [-0.25, -0.2) is 13.1 Å². The number of hydrogen-bond donors (Lipinski definition) is 2. The van der Waals surface area contributed by atoms with E-state index in [1.54, 1.807) is 23.9 Å². The van der Waals surface area contributed by atoms with Gasteiger partial charge in [-0.2, -0.15) is 0 Å². The third-order valence-electron chi connectivity index (χ3n) is 12.4. The maximum Gasteiger partial charge on any atom is 0.293 e. The van der Waals surface area contributed by atoms with Crippen molar-refractivity contribution in [1.29, 1.82) is 0 Å². The molecule has 12 nitrogen and oxygen atoms in total. The number of nitrogens with zero attached hydrogens (tertiary/aromatic N) is 5. The Bertz CT molecular complexity index is 2420. The summed E-state index contributed by atoms with van der Waals surface area (Å²) in [7, 11) is -4.45. The van der Waals surface area contributed by atoms with E-state index in [4.69, 9.17) is 11.6 Å². The lowest BCUT2D eigenvalue weighted by Crippen LogP contribution is -2.46. The second kappa shape index (κ2) is 22.3. The number of carbonyl (C=O) groups excluding carboxylic acids is 1. The average Bonchev–Trinajstić information content (AvgIpc) is 3.31. The molecule has 0 bridgehead atoms. The molecule has 0 spiro atoms. The summed E-state index contributed by atoms with van der Waals surface area (Å²) in [5, 5.41) is 16.5. The summed E-state index contributed by atoms with van der Waals surface area (Å²) in [4.78, 5) is 35.6. The second-order valence-corrected chi connectivity index (χ2v) is 19.6. The minimum absolute atomic E-state index is 0.137. The van der Waals surface area contributed by atoms with Crippen LogP contribution in [-0.4, -0.2) is 111 Å². The number of sulfonamides is 1. The van der Waals surface area contributed by atoms with E-state index < -0.39 is 20.9 Å². The Labute approximate surface area is 387 Å². The van der Waals surface area contributed by atoms with E-state index in [1.807, 2.05) is 72.8 Å². The molecule has 2 N–H and O–H groups in total. The summed E-state index contributed by atoms with van der Waals surface area (Å²) >= 11 is 7.81. The zero-order valence-electron chi connectivity index (χ0n) is 36.6. The molecule has 2 aliphatic heterocycles. The van der Waals surface area contributed by atoms with Crippen LogP contribution in [0.1, 0.15) is 49.0 Å². The molecule has 2 saturated heterocycles. The van der Waals surface area contributed by atoms with E-state index >= 15 is 0 Å². The van der Waals surface area contributed by atoms with Gasteiger partial charge in [0.1, 0.15) is 5.69 Å². The number of halogens is 1. The lowest BCUT2D eigenvalue weighted by atomic mass is 9.99. The first-order valence-corrected chi connectivity index (χ1v) is 25.0. The van der Waals surface area contributed by atoms with Crippen LogP contribution in [0.25, 0.3) is 11.1 Å². The van der Waals surface area contributed by atoms with Crippen molar-refractivity contribution in [3.8, 4) is 11.1 Å². The van der Waals surface area contributed by atoms with Gasteiger partial charge in [-0.1, -0.05) is 80.0 Å². The molecule has 2 heterocycles. The molecular weight excluding hydrogens is 866 g/mol. The third kappa shape index (κ3) is 12.4. The highest BCUT2D eigenvalue weighted by Gasteiger charge is 2.27. The Morgan fingerprint density at radius 3 is 2.19 bits per heavy atom. The third-order valence-corrected chi connectivity index (χ3v) is 15.1. The van der Waals surface area contributed by atoms with Crippen molar-refractivity contribution in [2.75, 3.05) is 74.9 Å². The fraction of sp³-hybridized carbons (Fsp3) is 0.367. The minimum Gasteiger partial charge on any atom is -0.376 e. The van der Waals surface area contributed by atoms with Crippen LogP contribution in [0.15, 0.2) is 131 Å². The molecule has 0 aliphatic carbocycles. The molecule has 1 amide bonds. The summed E-state index contributed by atoms with van der Waals surface area (Å²) in [6, 6.07) is 37.4. The number of piperazine rings is 1. The van der Waals surface area contributed by atoms with E-state index in [9.17, 15) is 23.3 Å². The van der Waals surface area contributed by atoms with E-state index in [0.29, 0.717) is 16.8 Å². The van der Waals surface area contributed by atoms with Gasteiger partial charge in [-0.05, 0) is 123 Å². The molecule has 5 aromatic carbocycles. The number of nitro groups is 1. The van der Waals surface area contributed by atoms with Crippen LogP contribution in [0.2, 0.25) is 5.02 Å². The smallest absolute Gasteiger partial charge is 0.293 e. The summed E-state index contributed by atoms with van der Waals surface area (Å²) in [5.74, 6) is -0.164. The lowest BCUT2D eigenvalue weighted by Gasteiger charge is -2.38. The number of rotatable bonds is 19. The first-order chi connectivity index (χ1) is 31.0. The molecule has 2 aliphatic rings. The molecule has 1 atom stereocenters. The molecule has 0 saturated carbocycles. The highest BCUT2D eigenvalue weighted by molar-refractivity contribution is 7.99. The summed E-state index contributed by atoms with van der Waals surface area (Å²) < 4.78 is 29.2. The topological polar surface area (TPSA) is 131 Å². The van der Waals surface area contributed by atoms with Crippen LogP contribution >= 0.6 is 23.4 Å². The standard InChI is InChI=1S/C49H58ClN7O5S2/c1-3-55(4-2)43-25-28-53(29-26-43)27-24-41(36-63-44-11-6-5-7-12-44)51-47-23-22-45(34-48(47)57(59)60)64(61,62)52-49(58)38-16-20-42(21-17-38)56-32-30-54(31-33-56)35-39-10-8-9-13-46(39)37-14-18-40(50)19-15-37/h5-23,34,41,43,51H,3-4,24-33,35-36H2,1-2H3,(H,52,58). The van der Waals surface area contributed by atoms with Gasteiger partial charge in [0.25, 0.3) is 21.6 Å². The molecule has 64 heavy (non-hydrogen) atoms. The van der Waals surface area contributed by atoms with Gasteiger partial charge in [0, 0.05) is 84.3 Å². The zero-order chi connectivity index (χ0) is 45.1. The molecule has 1 unspecified atom stereocenters. The van der Waals surface area contributed by atoms with Crippen LogP contribution in [0.5, 0.6) is 0 Å². The van der Waals surface area contributed by atoms with Crippen molar-refractivity contribution in [1.82, 2.24) is 19.4 Å². The second-order valence-electron chi connectivity index (χ2n) is 16.4. The summed E-state index contributed by atoms with van der Waals surface area (Å²) in [5.41, 5.74) is 4.51. The molecular formula is C49H58ClN7O5S2. The molecule has 2 fully saturated rings. The quantitative estimate of drug-likeness (QED) is 0.0467. The van der Waals surface area contributed by atoms with Crippen LogP contribution in [0.3, 0.4) is 0 Å². The zero-order valence-corrected chi connectivity index (χ0v) is 39.0. The number of piperidine rings is 1. The highest BCUT2D eigenvalue weighted by Crippen LogP contribution is 2.31. The highest BCUT2D eigenvalue weighted by atomic mass is 35.5. The van der Waals surface area contributed by atoms with Crippen molar-refractivity contribution in [2.45, 2.75) is 61.5 Å². The van der Waals surface area contributed by atoms with E-state index in [2.05, 4.69) is 61.7 Å². The number of likely N-dealkylation sites (tertiary alicyclic amines) is 1. The Morgan fingerprint density at radius 2 is 1.52 bits per heavy atom. The van der Waals surface area contributed by atoms with Crippen LogP contribution < -0.4 is 14.9 Å². The van der Waals surface area contributed by atoms with Gasteiger partial charge >= 0.3 is 0 Å². The molecule has 0 aromatic heterocycles. The molecule has 0 radical (unpaired) electrons. The van der Waals surface area contributed by atoms with Gasteiger partial charge in [-0.15, -0.1) is 11.8 Å². The van der Waals surface area contributed by atoms with Gasteiger partial charge < -0.3 is 20.0 Å². The number of nitro benzene ring substituents is 1. The maximum atomic E-state index is 13.6. The van der Waals surface area contributed by atoms with Crippen molar-refractivity contribution in [2.24, 2.45) is 0 Å². The van der Waals surface area contributed by atoms with Crippen molar-refractivity contribution < 1.29 is 18.1 Å². The number of amides is 1. The predicted molar refractivity (Wildman–Crippen MR) is 260 cm³/mol. The molecule has 338 valence electrons. The number of hydrogen-bond acceptors (Lipinski definition) is 11. The number of benzene rings is 5. The van der Waals surface area contributed by atoms with Gasteiger partial charge in [-0.3, -0.25) is 19.8 Å². The van der Waals surface area contributed by atoms with Gasteiger partial charge in [0.05, 0.1) is 9.82 Å². The van der Waals surface area contributed by atoms with Crippen molar-refractivity contribution in [3.05, 3.63) is 148 Å². The predicted octanol–water partition coefficient (Wildman–Crippen LogP) is 9.13.